The number of carbonyl (C=O) groups excluding carboxylic acids is 1. The van der Waals surface area contributed by atoms with Gasteiger partial charge in [-0.05, 0) is 31.0 Å². The number of aliphatic imine (C=N–C) groups is 1. The van der Waals surface area contributed by atoms with Gasteiger partial charge in [0.05, 0.1) is 5.41 Å². The second-order valence-corrected chi connectivity index (χ2v) is 9.36. The van der Waals surface area contributed by atoms with E-state index in [1.54, 1.807) is 11.9 Å². The van der Waals surface area contributed by atoms with Crippen molar-refractivity contribution in [1.82, 2.24) is 25.3 Å². The molecule has 180 valence electrons. The van der Waals surface area contributed by atoms with Crippen molar-refractivity contribution in [3.63, 3.8) is 0 Å². The highest BCUT2D eigenvalue weighted by molar-refractivity contribution is 14.0. The summed E-state index contributed by atoms with van der Waals surface area (Å²) in [6, 6.07) is 8.85. The highest BCUT2D eigenvalue weighted by Gasteiger charge is 2.42. The Kier molecular flexibility index (Phi) is 10.7. The minimum atomic E-state index is -0.300. The van der Waals surface area contributed by atoms with Gasteiger partial charge in [0, 0.05) is 67.0 Å². The van der Waals surface area contributed by atoms with Gasteiger partial charge in [-0.15, -0.1) is 24.0 Å². The number of halogens is 1. The SMILES string of the molecule is CN=C(NCc1ccc(CN2CCN(C)CC2)cc1)NCC1(C(=O)N(C)C)CCCC1.I. The molecule has 0 bridgehead atoms. The van der Waals surface area contributed by atoms with Crippen molar-refractivity contribution in [1.29, 1.82) is 0 Å². The first kappa shape index (κ1) is 26.9. The van der Waals surface area contributed by atoms with E-state index in [1.807, 2.05) is 14.1 Å². The van der Waals surface area contributed by atoms with Crippen LogP contribution < -0.4 is 10.6 Å². The lowest BCUT2D eigenvalue weighted by Crippen LogP contribution is -2.49. The minimum absolute atomic E-state index is 0. The van der Waals surface area contributed by atoms with Gasteiger partial charge in [0.15, 0.2) is 5.96 Å². The Morgan fingerprint density at radius 2 is 1.62 bits per heavy atom. The molecular weight excluding hydrogens is 515 g/mol. The fourth-order valence-corrected chi connectivity index (χ4v) is 4.68. The van der Waals surface area contributed by atoms with Crippen molar-refractivity contribution < 1.29 is 4.79 Å². The van der Waals surface area contributed by atoms with Crippen molar-refractivity contribution in [3.8, 4) is 0 Å². The van der Waals surface area contributed by atoms with Gasteiger partial charge >= 0.3 is 0 Å². The first-order valence-electron chi connectivity index (χ1n) is 11.6. The molecule has 2 N–H and O–H groups in total. The van der Waals surface area contributed by atoms with E-state index in [0.29, 0.717) is 13.1 Å². The normalized spacial score (nSPS) is 19.3. The van der Waals surface area contributed by atoms with Crippen LogP contribution in [-0.2, 0) is 17.9 Å². The van der Waals surface area contributed by atoms with Crippen molar-refractivity contribution in [2.24, 2.45) is 10.4 Å². The van der Waals surface area contributed by atoms with Crippen LogP contribution in [0, 0.1) is 5.41 Å². The number of hydrogen-bond donors (Lipinski definition) is 2. The molecule has 1 aliphatic heterocycles. The fraction of sp³-hybridized carbons (Fsp3) is 0.667. The Balaban J connectivity index is 0.00000363. The summed E-state index contributed by atoms with van der Waals surface area (Å²) in [6.45, 7) is 6.94. The highest BCUT2D eigenvalue weighted by Crippen LogP contribution is 2.38. The van der Waals surface area contributed by atoms with E-state index in [-0.39, 0.29) is 35.3 Å². The molecule has 1 heterocycles. The highest BCUT2D eigenvalue weighted by atomic mass is 127. The minimum Gasteiger partial charge on any atom is -0.355 e. The van der Waals surface area contributed by atoms with Crippen LogP contribution in [0.2, 0.25) is 0 Å². The quantitative estimate of drug-likeness (QED) is 0.307. The maximum Gasteiger partial charge on any atom is 0.230 e. The van der Waals surface area contributed by atoms with Crippen LogP contribution in [0.4, 0.5) is 0 Å². The Morgan fingerprint density at radius 1 is 1.03 bits per heavy atom. The predicted molar refractivity (Wildman–Crippen MR) is 142 cm³/mol. The standard InChI is InChI=1S/C24H40N6O.HI/c1-25-23(27-19-24(11-5-6-12-24)22(31)28(2)3)26-17-20-7-9-21(10-8-20)18-30-15-13-29(4)14-16-30;/h7-10H,5-6,11-19H2,1-4H3,(H2,25,26,27);1H. The van der Waals surface area contributed by atoms with E-state index >= 15 is 0 Å². The van der Waals surface area contributed by atoms with Gasteiger partial charge in [-0.1, -0.05) is 37.1 Å². The molecular formula is C24H41IN6O. The fourth-order valence-electron chi connectivity index (χ4n) is 4.68. The zero-order valence-electron chi connectivity index (χ0n) is 20.2. The van der Waals surface area contributed by atoms with Crippen LogP contribution in [0.25, 0.3) is 0 Å². The number of hydrogen-bond acceptors (Lipinski definition) is 4. The summed E-state index contributed by atoms with van der Waals surface area (Å²) < 4.78 is 0. The monoisotopic (exact) mass is 556 g/mol. The molecule has 1 saturated carbocycles. The first-order chi connectivity index (χ1) is 14.9. The van der Waals surface area contributed by atoms with Gasteiger partial charge < -0.3 is 20.4 Å². The smallest absolute Gasteiger partial charge is 0.230 e. The number of amides is 1. The van der Waals surface area contributed by atoms with Crippen LogP contribution in [-0.4, -0.2) is 87.5 Å². The predicted octanol–water partition coefficient (Wildman–Crippen LogP) is 2.37. The third-order valence-electron chi connectivity index (χ3n) is 6.72. The molecule has 3 rings (SSSR count). The topological polar surface area (TPSA) is 63.2 Å². The van der Waals surface area contributed by atoms with Crippen LogP contribution in [0.15, 0.2) is 29.3 Å². The second kappa shape index (κ2) is 12.7. The molecule has 1 amide bonds. The lowest BCUT2D eigenvalue weighted by molar-refractivity contribution is -0.138. The molecule has 7 nitrogen and oxygen atoms in total. The molecule has 0 aromatic heterocycles. The molecule has 2 aliphatic rings. The van der Waals surface area contributed by atoms with Gasteiger partial charge in [0.1, 0.15) is 0 Å². The molecule has 2 fully saturated rings. The van der Waals surface area contributed by atoms with Gasteiger partial charge in [0.2, 0.25) is 5.91 Å². The summed E-state index contributed by atoms with van der Waals surface area (Å²) in [7, 11) is 7.67. The van der Waals surface area contributed by atoms with E-state index in [9.17, 15) is 4.79 Å². The average molecular weight is 557 g/mol. The Morgan fingerprint density at radius 3 is 2.19 bits per heavy atom. The van der Waals surface area contributed by atoms with E-state index in [0.717, 1.165) is 64.4 Å². The van der Waals surface area contributed by atoms with Gasteiger partial charge in [-0.25, -0.2) is 0 Å². The van der Waals surface area contributed by atoms with E-state index in [2.05, 4.69) is 56.7 Å². The van der Waals surface area contributed by atoms with E-state index in [4.69, 9.17) is 0 Å². The van der Waals surface area contributed by atoms with Crippen molar-refractivity contribution in [3.05, 3.63) is 35.4 Å². The molecule has 0 atom stereocenters. The summed E-state index contributed by atoms with van der Waals surface area (Å²) in [6.07, 6.45) is 4.13. The van der Waals surface area contributed by atoms with E-state index in [1.165, 1.54) is 11.1 Å². The summed E-state index contributed by atoms with van der Waals surface area (Å²) in [5.41, 5.74) is 2.29. The van der Waals surface area contributed by atoms with Crippen molar-refractivity contribution >= 4 is 35.8 Å². The van der Waals surface area contributed by atoms with Gasteiger partial charge in [-0.2, -0.15) is 0 Å². The van der Waals surface area contributed by atoms with Crippen molar-refractivity contribution in [2.75, 3.05) is 60.9 Å². The number of nitrogens with zero attached hydrogens (tertiary/aromatic N) is 4. The van der Waals surface area contributed by atoms with Gasteiger partial charge in [-0.3, -0.25) is 14.7 Å². The number of benzene rings is 1. The molecule has 8 heteroatoms. The van der Waals surface area contributed by atoms with Crippen molar-refractivity contribution in [2.45, 2.75) is 38.8 Å². The summed E-state index contributed by atoms with van der Waals surface area (Å²) in [5.74, 6) is 0.975. The summed E-state index contributed by atoms with van der Waals surface area (Å²) in [4.78, 5) is 23.8. The number of rotatable bonds is 7. The molecule has 1 aliphatic carbocycles. The second-order valence-electron chi connectivity index (χ2n) is 9.36. The van der Waals surface area contributed by atoms with Crippen LogP contribution in [0.5, 0.6) is 0 Å². The Bertz CT molecular complexity index is 737. The number of guanidine groups is 1. The molecule has 0 unspecified atom stereocenters. The molecule has 0 radical (unpaired) electrons. The molecule has 1 saturated heterocycles. The zero-order valence-corrected chi connectivity index (χ0v) is 22.5. The largest absolute Gasteiger partial charge is 0.355 e. The lowest BCUT2D eigenvalue weighted by Gasteiger charge is -2.32. The lowest BCUT2D eigenvalue weighted by atomic mass is 9.84. The Hall–Kier alpha value is -1.39. The summed E-state index contributed by atoms with van der Waals surface area (Å²) >= 11 is 0. The molecule has 1 aromatic rings. The maximum absolute atomic E-state index is 12.8. The zero-order chi connectivity index (χ0) is 22.3. The number of carbonyl (C=O) groups is 1. The summed E-state index contributed by atoms with van der Waals surface area (Å²) in [5, 5.41) is 6.81. The van der Waals surface area contributed by atoms with Crippen LogP contribution in [0.1, 0.15) is 36.8 Å². The number of piperazine rings is 1. The third-order valence-corrected chi connectivity index (χ3v) is 6.72. The number of likely N-dealkylation sites (N-methyl/N-ethyl adjacent to an activating group) is 1. The van der Waals surface area contributed by atoms with Crippen LogP contribution >= 0.6 is 24.0 Å². The number of nitrogens with one attached hydrogen (secondary N) is 2. The third kappa shape index (κ3) is 7.31. The molecule has 0 spiro atoms. The molecule has 1 aromatic carbocycles. The Labute approximate surface area is 211 Å². The average Bonchev–Trinajstić information content (AvgIpc) is 3.26. The van der Waals surface area contributed by atoms with Crippen LogP contribution in [0.3, 0.4) is 0 Å². The van der Waals surface area contributed by atoms with Gasteiger partial charge in [0.25, 0.3) is 0 Å². The van der Waals surface area contributed by atoms with E-state index < -0.39 is 0 Å². The first-order valence-corrected chi connectivity index (χ1v) is 11.6. The molecule has 32 heavy (non-hydrogen) atoms. The maximum atomic E-state index is 12.8.